The standard InChI is InChI=1S/C25H30BrN5S/c1-16-14-17(26)8-13-21(16)30-25(32)28-19-11-9-18(10-12-19)27-24-15-23(31(2)3)20-6-4-5-7-22(20)29-24/h4-8,13-15,18-19H,9-12H2,1-3H3,(H,27,29)(H2,28,30,32)/t18-,19+. The number of hydrogen-bond acceptors (Lipinski definition) is 4. The lowest BCUT2D eigenvalue weighted by atomic mass is 9.91. The number of aromatic nitrogens is 1. The Labute approximate surface area is 204 Å². The maximum Gasteiger partial charge on any atom is 0.171 e. The van der Waals surface area contributed by atoms with E-state index in [1.54, 1.807) is 0 Å². The molecular weight excluding hydrogens is 482 g/mol. The first-order valence-electron chi connectivity index (χ1n) is 11.1. The van der Waals surface area contributed by atoms with Crippen molar-refractivity contribution in [1.29, 1.82) is 0 Å². The van der Waals surface area contributed by atoms with E-state index < -0.39 is 0 Å². The zero-order valence-corrected chi connectivity index (χ0v) is 21.2. The second-order valence-corrected chi connectivity index (χ2v) is 10.0. The number of aryl methyl sites for hydroxylation is 1. The van der Waals surface area contributed by atoms with E-state index in [-0.39, 0.29) is 0 Å². The van der Waals surface area contributed by atoms with E-state index >= 15 is 0 Å². The highest BCUT2D eigenvalue weighted by molar-refractivity contribution is 9.10. The summed E-state index contributed by atoms with van der Waals surface area (Å²) < 4.78 is 1.07. The second kappa shape index (κ2) is 10.0. The molecule has 0 radical (unpaired) electrons. The van der Waals surface area contributed by atoms with Crippen molar-refractivity contribution in [3.05, 3.63) is 58.6 Å². The van der Waals surface area contributed by atoms with Gasteiger partial charge in [0.05, 0.1) is 5.52 Å². The first-order valence-corrected chi connectivity index (χ1v) is 12.3. The van der Waals surface area contributed by atoms with Crippen LogP contribution in [0.4, 0.5) is 17.2 Å². The number of benzene rings is 2. The van der Waals surface area contributed by atoms with Crippen molar-refractivity contribution >= 4 is 61.4 Å². The second-order valence-electron chi connectivity index (χ2n) is 8.69. The zero-order valence-electron chi connectivity index (χ0n) is 18.8. The maximum atomic E-state index is 5.56. The summed E-state index contributed by atoms with van der Waals surface area (Å²) in [4.78, 5) is 7.00. The fourth-order valence-corrected chi connectivity index (χ4v) is 5.06. The normalized spacial score (nSPS) is 18.2. The molecule has 0 amide bonds. The third kappa shape index (κ3) is 5.51. The molecule has 168 valence electrons. The van der Waals surface area contributed by atoms with E-state index in [0.717, 1.165) is 52.7 Å². The van der Waals surface area contributed by atoms with E-state index in [4.69, 9.17) is 17.2 Å². The SMILES string of the molecule is Cc1cc(Br)ccc1NC(=S)N[C@H]1CC[C@@H](Nc2cc(N(C)C)c3ccccc3n2)CC1. The van der Waals surface area contributed by atoms with Gasteiger partial charge < -0.3 is 20.9 Å². The van der Waals surface area contributed by atoms with Crippen LogP contribution in [0, 0.1) is 6.92 Å². The molecular formula is C25H30BrN5S. The molecule has 0 spiro atoms. The topological polar surface area (TPSA) is 52.2 Å². The van der Waals surface area contributed by atoms with Crippen LogP contribution in [0.15, 0.2) is 53.0 Å². The summed E-state index contributed by atoms with van der Waals surface area (Å²) in [6.07, 6.45) is 4.33. The molecule has 0 saturated heterocycles. The van der Waals surface area contributed by atoms with Crippen LogP contribution in [0.5, 0.6) is 0 Å². The first kappa shape index (κ1) is 22.8. The molecule has 1 heterocycles. The van der Waals surface area contributed by atoms with Gasteiger partial charge >= 0.3 is 0 Å². The lowest BCUT2D eigenvalue weighted by Gasteiger charge is -2.31. The predicted molar refractivity (Wildman–Crippen MR) is 144 cm³/mol. The molecule has 1 aliphatic rings. The van der Waals surface area contributed by atoms with Gasteiger partial charge in [-0.15, -0.1) is 0 Å². The molecule has 1 aliphatic carbocycles. The number of para-hydroxylation sites is 1. The van der Waals surface area contributed by atoms with Crippen molar-refractivity contribution in [3.63, 3.8) is 0 Å². The van der Waals surface area contributed by atoms with Crippen LogP contribution in [0.3, 0.4) is 0 Å². The Kier molecular flexibility index (Phi) is 7.16. The molecule has 4 rings (SSSR count). The Balaban J connectivity index is 1.32. The van der Waals surface area contributed by atoms with Gasteiger partial charge in [0.1, 0.15) is 5.82 Å². The summed E-state index contributed by atoms with van der Waals surface area (Å²) in [5.41, 5.74) is 4.42. The third-order valence-corrected chi connectivity index (χ3v) is 6.74. The van der Waals surface area contributed by atoms with Gasteiger partial charge in [-0.05, 0) is 74.7 Å². The summed E-state index contributed by atoms with van der Waals surface area (Å²) in [7, 11) is 4.16. The fraction of sp³-hybridized carbons (Fsp3) is 0.360. The molecule has 0 unspecified atom stereocenters. The van der Waals surface area contributed by atoms with Crippen LogP contribution in [0.2, 0.25) is 0 Å². The number of thiocarbonyl (C=S) groups is 1. The molecule has 1 saturated carbocycles. The van der Waals surface area contributed by atoms with Gasteiger partial charge in [-0.25, -0.2) is 4.98 Å². The van der Waals surface area contributed by atoms with Crippen LogP contribution < -0.4 is 20.9 Å². The van der Waals surface area contributed by atoms with Crippen LogP contribution in [-0.4, -0.2) is 36.3 Å². The number of pyridine rings is 1. The van der Waals surface area contributed by atoms with Crippen molar-refractivity contribution in [2.75, 3.05) is 29.6 Å². The number of rotatable bonds is 5. The highest BCUT2D eigenvalue weighted by Crippen LogP contribution is 2.29. The summed E-state index contributed by atoms with van der Waals surface area (Å²) in [6.45, 7) is 2.08. The molecule has 3 aromatic rings. The lowest BCUT2D eigenvalue weighted by Crippen LogP contribution is -2.42. The highest BCUT2D eigenvalue weighted by atomic mass is 79.9. The predicted octanol–water partition coefficient (Wildman–Crippen LogP) is 6.08. The van der Waals surface area contributed by atoms with Crippen molar-refractivity contribution in [3.8, 4) is 0 Å². The van der Waals surface area contributed by atoms with Gasteiger partial charge in [-0.3, -0.25) is 0 Å². The Morgan fingerprint density at radius 1 is 1.03 bits per heavy atom. The molecule has 0 atom stereocenters. The molecule has 7 heteroatoms. The van der Waals surface area contributed by atoms with Crippen LogP contribution >= 0.6 is 28.1 Å². The molecule has 2 aromatic carbocycles. The summed E-state index contributed by atoms with van der Waals surface area (Å²) in [5.74, 6) is 0.951. The van der Waals surface area contributed by atoms with Gasteiger partial charge in [0.25, 0.3) is 0 Å². The van der Waals surface area contributed by atoms with E-state index in [1.807, 2.05) is 18.2 Å². The lowest BCUT2D eigenvalue weighted by molar-refractivity contribution is 0.388. The van der Waals surface area contributed by atoms with Crippen molar-refractivity contribution in [2.24, 2.45) is 0 Å². The smallest absolute Gasteiger partial charge is 0.171 e. The Morgan fingerprint density at radius 2 is 1.75 bits per heavy atom. The van der Waals surface area contributed by atoms with Gasteiger partial charge in [-0.1, -0.05) is 34.1 Å². The number of anilines is 3. The van der Waals surface area contributed by atoms with E-state index in [1.165, 1.54) is 11.1 Å². The Morgan fingerprint density at radius 3 is 2.47 bits per heavy atom. The highest BCUT2D eigenvalue weighted by Gasteiger charge is 2.22. The minimum absolute atomic E-state index is 0.394. The Hall–Kier alpha value is -2.38. The summed E-state index contributed by atoms with van der Waals surface area (Å²) in [6, 6.07) is 17.5. The van der Waals surface area contributed by atoms with Gasteiger partial charge in [-0.2, -0.15) is 0 Å². The zero-order chi connectivity index (χ0) is 22.7. The quantitative estimate of drug-likeness (QED) is 0.360. The molecule has 0 aliphatic heterocycles. The maximum absolute atomic E-state index is 5.56. The minimum Gasteiger partial charge on any atom is -0.377 e. The number of nitrogens with one attached hydrogen (secondary N) is 3. The van der Waals surface area contributed by atoms with Crippen molar-refractivity contribution < 1.29 is 0 Å². The fourth-order valence-electron chi connectivity index (χ4n) is 4.30. The number of fused-ring (bicyclic) bond motifs is 1. The molecule has 32 heavy (non-hydrogen) atoms. The first-order chi connectivity index (χ1) is 15.4. The van der Waals surface area contributed by atoms with Crippen LogP contribution in [-0.2, 0) is 0 Å². The van der Waals surface area contributed by atoms with E-state index in [2.05, 4.69) is 88.1 Å². The summed E-state index contributed by atoms with van der Waals surface area (Å²) >= 11 is 9.07. The largest absolute Gasteiger partial charge is 0.377 e. The van der Waals surface area contributed by atoms with Crippen molar-refractivity contribution in [2.45, 2.75) is 44.7 Å². The molecule has 0 bridgehead atoms. The van der Waals surface area contributed by atoms with E-state index in [0.29, 0.717) is 17.2 Å². The number of hydrogen-bond donors (Lipinski definition) is 3. The van der Waals surface area contributed by atoms with Gasteiger partial charge in [0, 0.05) is 53.5 Å². The van der Waals surface area contributed by atoms with Crippen molar-refractivity contribution in [1.82, 2.24) is 10.3 Å². The number of halogens is 1. The average molecular weight is 513 g/mol. The van der Waals surface area contributed by atoms with Crippen LogP contribution in [0.25, 0.3) is 10.9 Å². The monoisotopic (exact) mass is 511 g/mol. The molecule has 3 N–H and O–H groups in total. The average Bonchev–Trinajstić information content (AvgIpc) is 2.76. The molecule has 1 aromatic heterocycles. The summed E-state index contributed by atoms with van der Waals surface area (Å²) in [5, 5.41) is 12.4. The number of nitrogens with zero attached hydrogens (tertiary/aromatic N) is 2. The van der Waals surface area contributed by atoms with Crippen LogP contribution in [0.1, 0.15) is 31.2 Å². The van der Waals surface area contributed by atoms with Gasteiger partial charge in [0.15, 0.2) is 5.11 Å². The minimum atomic E-state index is 0.394. The van der Waals surface area contributed by atoms with E-state index in [9.17, 15) is 0 Å². The molecule has 5 nitrogen and oxygen atoms in total. The van der Waals surface area contributed by atoms with Gasteiger partial charge in [0.2, 0.25) is 0 Å². The Bertz CT molecular complexity index is 1110. The third-order valence-electron chi connectivity index (χ3n) is 6.03. The molecule has 1 fully saturated rings.